The number of hydrogen-bond acceptors (Lipinski definition) is 8. The van der Waals surface area contributed by atoms with Crippen molar-refractivity contribution in [2.24, 2.45) is 0 Å². The normalized spacial score (nSPS) is 10.6. The van der Waals surface area contributed by atoms with E-state index in [0.29, 0.717) is 34.0 Å². The lowest BCUT2D eigenvalue weighted by atomic mass is 10.1. The standard InChI is InChI=1S/C26H26N6O3S2/c1-4-13-32-22(14-27-24(34)19-9-11-20(35-3)12-10-19)30-31-26(32)37-16-23(33)29-25-28-21(15-36-25)18-7-5-17(2)6-8-18/h4-12,15H,1,13-14,16H2,2-3H3,(H,27,34)(H,28,29,33). The number of aryl methyl sites for hydroxylation is 1. The predicted octanol–water partition coefficient (Wildman–Crippen LogP) is 4.57. The number of allylic oxidation sites excluding steroid dienone is 1. The van der Waals surface area contributed by atoms with Gasteiger partial charge in [0.15, 0.2) is 16.1 Å². The number of methoxy groups -OCH3 is 1. The van der Waals surface area contributed by atoms with Crippen LogP contribution in [0.2, 0.25) is 0 Å². The lowest BCUT2D eigenvalue weighted by Crippen LogP contribution is -2.24. The molecule has 0 aliphatic rings. The van der Waals surface area contributed by atoms with E-state index in [2.05, 4.69) is 32.4 Å². The van der Waals surface area contributed by atoms with Crippen LogP contribution in [0.1, 0.15) is 21.7 Å². The van der Waals surface area contributed by atoms with Crippen molar-refractivity contribution in [3.8, 4) is 17.0 Å². The molecule has 11 heteroatoms. The number of carbonyl (C=O) groups is 2. The molecule has 0 saturated heterocycles. The second-order valence-electron chi connectivity index (χ2n) is 7.95. The minimum Gasteiger partial charge on any atom is -0.497 e. The van der Waals surface area contributed by atoms with Crippen LogP contribution in [0.15, 0.2) is 71.7 Å². The lowest BCUT2D eigenvalue weighted by molar-refractivity contribution is -0.113. The highest BCUT2D eigenvalue weighted by atomic mass is 32.2. The van der Waals surface area contributed by atoms with Crippen LogP contribution in [0.5, 0.6) is 5.75 Å². The summed E-state index contributed by atoms with van der Waals surface area (Å²) in [5, 5.41) is 17.1. The van der Waals surface area contributed by atoms with Gasteiger partial charge in [0.05, 0.1) is 25.1 Å². The molecule has 190 valence electrons. The summed E-state index contributed by atoms with van der Waals surface area (Å²) in [5.41, 5.74) is 3.51. The monoisotopic (exact) mass is 534 g/mol. The molecule has 0 unspecified atom stereocenters. The molecule has 37 heavy (non-hydrogen) atoms. The molecule has 4 aromatic rings. The zero-order chi connectivity index (χ0) is 26.2. The molecule has 0 aliphatic heterocycles. The van der Waals surface area contributed by atoms with Gasteiger partial charge in [-0.05, 0) is 31.2 Å². The molecule has 4 rings (SSSR count). The summed E-state index contributed by atoms with van der Waals surface area (Å²) in [6.07, 6.45) is 1.71. The number of nitrogens with one attached hydrogen (secondary N) is 2. The Labute approximate surface area is 223 Å². The third kappa shape index (κ3) is 6.83. The average molecular weight is 535 g/mol. The van der Waals surface area contributed by atoms with Gasteiger partial charge in [0, 0.05) is 23.1 Å². The minimum atomic E-state index is -0.238. The van der Waals surface area contributed by atoms with E-state index in [1.54, 1.807) is 37.5 Å². The Balaban J connectivity index is 1.33. The Kier molecular flexibility index (Phi) is 8.70. The second kappa shape index (κ2) is 12.3. The summed E-state index contributed by atoms with van der Waals surface area (Å²) in [4.78, 5) is 29.6. The van der Waals surface area contributed by atoms with Crippen molar-refractivity contribution < 1.29 is 14.3 Å². The molecule has 0 bridgehead atoms. The maximum Gasteiger partial charge on any atom is 0.251 e. The first kappa shape index (κ1) is 26.1. The molecule has 0 atom stereocenters. The van der Waals surface area contributed by atoms with E-state index in [-0.39, 0.29) is 24.1 Å². The fourth-order valence-corrected chi connectivity index (χ4v) is 4.85. The fourth-order valence-electron chi connectivity index (χ4n) is 3.35. The summed E-state index contributed by atoms with van der Waals surface area (Å²) in [6.45, 7) is 6.44. The van der Waals surface area contributed by atoms with Gasteiger partial charge < -0.3 is 19.9 Å². The number of amides is 2. The highest BCUT2D eigenvalue weighted by Crippen LogP contribution is 2.25. The number of thioether (sulfide) groups is 1. The summed E-state index contributed by atoms with van der Waals surface area (Å²) >= 11 is 2.63. The van der Waals surface area contributed by atoms with Gasteiger partial charge >= 0.3 is 0 Å². The van der Waals surface area contributed by atoms with E-state index in [1.165, 1.54) is 28.7 Å². The Morgan fingerprint density at radius 1 is 1.14 bits per heavy atom. The number of thiazole rings is 1. The number of anilines is 1. The van der Waals surface area contributed by atoms with Gasteiger partial charge in [-0.2, -0.15) is 0 Å². The molecular formula is C26H26N6O3S2. The molecule has 0 radical (unpaired) electrons. The molecule has 0 saturated carbocycles. The molecule has 0 fully saturated rings. The number of benzene rings is 2. The average Bonchev–Trinajstić information content (AvgIpc) is 3.53. The lowest BCUT2D eigenvalue weighted by Gasteiger charge is -2.09. The molecule has 0 aliphatic carbocycles. The van der Waals surface area contributed by atoms with Crippen LogP contribution in [-0.4, -0.2) is 44.4 Å². The molecule has 9 nitrogen and oxygen atoms in total. The van der Waals surface area contributed by atoms with Crippen LogP contribution in [0, 0.1) is 6.92 Å². The Bertz CT molecular complexity index is 1380. The van der Waals surface area contributed by atoms with E-state index < -0.39 is 0 Å². The minimum absolute atomic E-state index is 0.132. The number of ether oxygens (including phenoxy) is 1. The molecule has 2 aromatic carbocycles. The van der Waals surface area contributed by atoms with Crippen molar-refractivity contribution >= 4 is 40.0 Å². The van der Waals surface area contributed by atoms with Gasteiger partial charge in [0.2, 0.25) is 5.91 Å². The van der Waals surface area contributed by atoms with E-state index in [1.807, 2.05) is 41.1 Å². The van der Waals surface area contributed by atoms with Crippen molar-refractivity contribution in [2.75, 3.05) is 18.2 Å². The van der Waals surface area contributed by atoms with Crippen molar-refractivity contribution in [3.63, 3.8) is 0 Å². The third-order valence-corrected chi connectivity index (χ3v) is 7.02. The van der Waals surface area contributed by atoms with E-state index >= 15 is 0 Å². The van der Waals surface area contributed by atoms with Crippen molar-refractivity contribution in [1.29, 1.82) is 0 Å². The van der Waals surface area contributed by atoms with E-state index in [0.717, 1.165) is 11.3 Å². The first-order valence-electron chi connectivity index (χ1n) is 11.4. The summed E-state index contributed by atoms with van der Waals surface area (Å²) in [5.74, 6) is 0.935. The quantitative estimate of drug-likeness (QED) is 0.214. The number of rotatable bonds is 11. The maximum absolute atomic E-state index is 12.6. The number of carbonyl (C=O) groups excluding carboxylic acids is 2. The SMILES string of the molecule is C=CCn1c(CNC(=O)c2ccc(OC)cc2)nnc1SCC(=O)Nc1nc(-c2ccc(C)cc2)cs1. The predicted molar refractivity (Wildman–Crippen MR) is 146 cm³/mol. The molecule has 2 amide bonds. The zero-order valence-electron chi connectivity index (χ0n) is 20.4. The molecular weight excluding hydrogens is 508 g/mol. The smallest absolute Gasteiger partial charge is 0.251 e. The summed E-state index contributed by atoms with van der Waals surface area (Å²) in [7, 11) is 1.57. The fraction of sp³-hybridized carbons (Fsp3) is 0.192. The van der Waals surface area contributed by atoms with Crippen LogP contribution in [0.3, 0.4) is 0 Å². The zero-order valence-corrected chi connectivity index (χ0v) is 22.1. The van der Waals surface area contributed by atoms with Crippen molar-refractivity contribution in [2.45, 2.75) is 25.2 Å². The van der Waals surface area contributed by atoms with Gasteiger partial charge in [0.1, 0.15) is 5.75 Å². The molecule has 2 aromatic heterocycles. The van der Waals surface area contributed by atoms with E-state index in [9.17, 15) is 9.59 Å². The molecule has 2 heterocycles. The molecule has 0 spiro atoms. The van der Waals surface area contributed by atoms with Crippen LogP contribution >= 0.6 is 23.1 Å². The number of aromatic nitrogens is 4. The van der Waals surface area contributed by atoms with Crippen LogP contribution in [0.25, 0.3) is 11.3 Å². The first-order valence-corrected chi connectivity index (χ1v) is 13.2. The Morgan fingerprint density at radius 2 is 1.89 bits per heavy atom. The highest BCUT2D eigenvalue weighted by Gasteiger charge is 2.16. The first-order chi connectivity index (χ1) is 18.0. The van der Waals surface area contributed by atoms with Crippen molar-refractivity contribution in [1.82, 2.24) is 25.1 Å². The van der Waals surface area contributed by atoms with Crippen LogP contribution < -0.4 is 15.4 Å². The van der Waals surface area contributed by atoms with Gasteiger partial charge in [-0.15, -0.1) is 28.1 Å². The van der Waals surface area contributed by atoms with E-state index in [4.69, 9.17) is 4.74 Å². The van der Waals surface area contributed by atoms with Crippen molar-refractivity contribution in [3.05, 3.63) is 83.5 Å². The van der Waals surface area contributed by atoms with Gasteiger partial charge in [-0.3, -0.25) is 9.59 Å². The van der Waals surface area contributed by atoms with Crippen LogP contribution in [0.4, 0.5) is 5.13 Å². The number of nitrogens with zero attached hydrogens (tertiary/aromatic N) is 4. The van der Waals surface area contributed by atoms with Gasteiger partial charge in [-0.1, -0.05) is 47.7 Å². The van der Waals surface area contributed by atoms with Gasteiger partial charge in [-0.25, -0.2) is 4.98 Å². The Morgan fingerprint density at radius 3 is 2.59 bits per heavy atom. The maximum atomic E-state index is 12.6. The highest BCUT2D eigenvalue weighted by molar-refractivity contribution is 7.99. The largest absolute Gasteiger partial charge is 0.497 e. The topological polar surface area (TPSA) is 111 Å². The third-order valence-electron chi connectivity index (χ3n) is 5.29. The second-order valence-corrected chi connectivity index (χ2v) is 9.75. The number of hydrogen-bond donors (Lipinski definition) is 2. The van der Waals surface area contributed by atoms with Gasteiger partial charge in [0.25, 0.3) is 5.91 Å². The van der Waals surface area contributed by atoms with Crippen LogP contribution in [-0.2, 0) is 17.9 Å². The Hall–Kier alpha value is -3.96. The molecule has 2 N–H and O–H groups in total. The summed E-state index contributed by atoms with van der Waals surface area (Å²) in [6, 6.07) is 14.9. The summed E-state index contributed by atoms with van der Waals surface area (Å²) < 4.78 is 6.94.